The van der Waals surface area contributed by atoms with Crippen molar-refractivity contribution in [2.24, 2.45) is 0 Å². The molecular weight excluding hydrogens is 252 g/mol. The largest absolute Gasteiger partial charge is 0.464 e. The molecular formula is C15H24N4O. The number of hydrogen-bond acceptors (Lipinski definition) is 4. The third-order valence-corrected chi connectivity index (χ3v) is 3.15. The Morgan fingerprint density at radius 3 is 2.50 bits per heavy atom. The summed E-state index contributed by atoms with van der Waals surface area (Å²) in [6.45, 7) is 13.8. The maximum absolute atomic E-state index is 5.82. The van der Waals surface area contributed by atoms with Crippen LogP contribution in [0.15, 0.2) is 10.5 Å². The lowest BCUT2D eigenvalue weighted by atomic mass is 10.1. The van der Waals surface area contributed by atoms with Crippen molar-refractivity contribution in [3.63, 3.8) is 0 Å². The summed E-state index contributed by atoms with van der Waals surface area (Å²) in [5, 5.41) is 7.84. The summed E-state index contributed by atoms with van der Waals surface area (Å²) in [6.07, 6.45) is 0. The van der Waals surface area contributed by atoms with Gasteiger partial charge in [0.2, 0.25) is 0 Å². The Bertz CT molecular complexity index is 590. The predicted octanol–water partition coefficient (Wildman–Crippen LogP) is 2.73. The van der Waals surface area contributed by atoms with Crippen LogP contribution in [-0.2, 0) is 13.1 Å². The molecule has 0 aromatic carbocycles. The first-order valence-electron chi connectivity index (χ1n) is 6.96. The molecule has 2 rings (SSSR count). The van der Waals surface area contributed by atoms with Gasteiger partial charge in [0.1, 0.15) is 29.7 Å². The SMILES string of the molecule is Cc1nc(C)n(Cc2cc(CNC(C)(C)C)c(C)o2)n1. The Morgan fingerprint density at radius 1 is 1.25 bits per heavy atom. The van der Waals surface area contributed by atoms with Gasteiger partial charge in [-0.15, -0.1) is 0 Å². The number of aromatic nitrogens is 3. The highest BCUT2D eigenvalue weighted by atomic mass is 16.3. The molecule has 2 aromatic rings. The van der Waals surface area contributed by atoms with Crippen molar-refractivity contribution in [3.8, 4) is 0 Å². The van der Waals surface area contributed by atoms with Crippen LogP contribution >= 0.6 is 0 Å². The smallest absolute Gasteiger partial charge is 0.147 e. The summed E-state index contributed by atoms with van der Waals surface area (Å²) in [5.74, 6) is 3.58. The minimum absolute atomic E-state index is 0.101. The Hall–Kier alpha value is -1.62. The molecule has 0 unspecified atom stereocenters. The first kappa shape index (κ1) is 14.8. The van der Waals surface area contributed by atoms with Gasteiger partial charge in [0, 0.05) is 17.6 Å². The second-order valence-electron chi connectivity index (χ2n) is 6.26. The number of furan rings is 1. The molecule has 0 radical (unpaired) electrons. The standard InChI is InChI=1S/C15H24N4O/c1-10-13(8-16-15(4,5)6)7-14(20-10)9-19-12(3)17-11(2)18-19/h7,16H,8-9H2,1-6H3. The van der Waals surface area contributed by atoms with E-state index in [9.17, 15) is 0 Å². The molecule has 0 aliphatic heterocycles. The molecule has 5 heteroatoms. The molecule has 20 heavy (non-hydrogen) atoms. The van der Waals surface area contributed by atoms with Gasteiger partial charge in [0.05, 0.1) is 0 Å². The third kappa shape index (κ3) is 3.70. The number of hydrogen-bond donors (Lipinski definition) is 1. The number of nitrogens with one attached hydrogen (secondary N) is 1. The Balaban J connectivity index is 2.09. The minimum Gasteiger partial charge on any atom is -0.464 e. The van der Waals surface area contributed by atoms with Crippen molar-refractivity contribution in [1.29, 1.82) is 0 Å². The predicted molar refractivity (Wildman–Crippen MR) is 78.6 cm³/mol. The van der Waals surface area contributed by atoms with Crippen molar-refractivity contribution in [1.82, 2.24) is 20.1 Å². The van der Waals surface area contributed by atoms with Crippen molar-refractivity contribution in [2.45, 2.75) is 60.2 Å². The fraction of sp³-hybridized carbons (Fsp3) is 0.600. The van der Waals surface area contributed by atoms with Crippen molar-refractivity contribution in [2.75, 3.05) is 0 Å². The molecule has 0 aliphatic rings. The lowest BCUT2D eigenvalue weighted by Gasteiger charge is -2.20. The van der Waals surface area contributed by atoms with Crippen LogP contribution in [0.25, 0.3) is 0 Å². The zero-order valence-corrected chi connectivity index (χ0v) is 13.2. The fourth-order valence-electron chi connectivity index (χ4n) is 2.06. The summed E-state index contributed by atoms with van der Waals surface area (Å²) in [4.78, 5) is 4.30. The summed E-state index contributed by atoms with van der Waals surface area (Å²) in [5.41, 5.74) is 1.30. The van der Waals surface area contributed by atoms with E-state index in [-0.39, 0.29) is 5.54 Å². The lowest BCUT2D eigenvalue weighted by Crippen LogP contribution is -2.35. The van der Waals surface area contributed by atoms with Crippen LogP contribution in [0.4, 0.5) is 0 Å². The molecule has 1 N–H and O–H groups in total. The van der Waals surface area contributed by atoms with Crippen LogP contribution in [0.2, 0.25) is 0 Å². The molecule has 2 aromatic heterocycles. The molecule has 0 atom stereocenters. The average molecular weight is 276 g/mol. The molecule has 0 bridgehead atoms. The van der Waals surface area contributed by atoms with Crippen molar-refractivity contribution < 1.29 is 4.42 Å². The molecule has 0 saturated heterocycles. The van der Waals surface area contributed by atoms with E-state index in [1.807, 2.05) is 25.5 Å². The summed E-state index contributed by atoms with van der Waals surface area (Å²) in [7, 11) is 0. The molecule has 2 heterocycles. The molecule has 5 nitrogen and oxygen atoms in total. The van der Waals surface area contributed by atoms with Crippen molar-refractivity contribution >= 4 is 0 Å². The van der Waals surface area contributed by atoms with Gasteiger partial charge < -0.3 is 9.73 Å². The van der Waals surface area contributed by atoms with Crippen LogP contribution in [-0.4, -0.2) is 20.3 Å². The highest BCUT2D eigenvalue weighted by molar-refractivity contribution is 5.21. The van der Waals surface area contributed by atoms with E-state index < -0.39 is 0 Å². The van der Waals surface area contributed by atoms with E-state index in [4.69, 9.17) is 4.42 Å². The van der Waals surface area contributed by atoms with Gasteiger partial charge in [0.25, 0.3) is 0 Å². The molecule has 0 amide bonds. The molecule has 0 saturated carbocycles. The van der Waals surface area contributed by atoms with Gasteiger partial charge in [-0.3, -0.25) is 0 Å². The monoisotopic (exact) mass is 276 g/mol. The molecule has 0 spiro atoms. The van der Waals surface area contributed by atoms with E-state index in [1.54, 1.807) is 0 Å². The Kier molecular flexibility index (Phi) is 3.99. The zero-order chi connectivity index (χ0) is 14.9. The second kappa shape index (κ2) is 5.40. The van der Waals surface area contributed by atoms with Crippen LogP contribution in [0.3, 0.4) is 0 Å². The van der Waals surface area contributed by atoms with Crippen LogP contribution in [0, 0.1) is 20.8 Å². The highest BCUT2D eigenvalue weighted by Gasteiger charge is 2.13. The normalized spacial score (nSPS) is 12.1. The summed E-state index contributed by atoms with van der Waals surface area (Å²) in [6, 6.07) is 2.10. The summed E-state index contributed by atoms with van der Waals surface area (Å²) >= 11 is 0. The fourth-order valence-corrected chi connectivity index (χ4v) is 2.06. The van der Waals surface area contributed by atoms with Gasteiger partial charge in [-0.25, -0.2) is 9.67 Å². The quantitative estimate of drug-likeness (QED) is 0.933. The Morgan fingerprint density at radius 2 is 1.95 bits per heavy atom. The van der Waals surface area contributed by atoms with Crippen molar-refractivity contribution in [3.05, 3.63) is 34.8 Å². The first-order chi connectivity index (χ1) is 9.24. The number of aryl methyl sites for hydroxylation is 3. The van der Waals surface area contributed by atoms with Crippen LogP contribution in [0.5, 0.6) is 0 Å². The van der Waals surface area contributed by atoms with Crippen LogP contribution < -0.4 is 5.32 Å². The molecule has 0 fully saturated rings. The maximum atomic E-state index is 5.82. The average Bonchev–Trinajstić information content (AvgIpc) is 2.79. The van der Waals surface area contributed by atoms with Gasteiger partial charge in [-0.05, 0) is 47.6 Å². The second-order valence-corrected chi connectivity index (χ2v) is 6.26. The van der Waals surface area contributed by atoms with E-state index in [2.05, 4.69) is 42.2 Å². The van der Waals surface area contributed by atoms with E-state index in [0.717, 1.165) is 29.7 Å². The number of nitrogens with zero attached hydrogens (tertiary/aromatic N) is 3. The number of rotatable bonds is 4. The van der Waals surface area contributed by atoms with E-state index in [0.29, 0.717) is 6.54 Å². The maximum Gasteiger partial charge on any atom is 0.147 e. The third-order valence-electron chi connectivity index (χ3n) is 3.15. The molecule has 110 valence electrons. The highest BCUT2D eigenvalue weighted by Crippen LogP contribution is 2.17. The lowest BCUT2D eigenvalue weighted by molar-refractivity contribution is 0.418. The summed E-state index contributed by atoms with van der Waals surface area (Å²) < 4.78 is 7.69. The van der Waals surface area contributed by atoms with Gasteiger partial charge in [-0.2, -0.15) is 5.10 Å². The topological polar surface area (TPSA) is 55.9 Å². The van der Waals surface area contributed by atoms with E-state index >= 15 is 0 Å². The van der Waals surface area contributed by atoms with E-state index in [1.165, 1.54) is 5.56 Å². The minimum atomic E-state index is 0.101. The molecule has 0 aliphatic carbocycles. The Labute approximate surface area is 120 Å². The van der Waals surface area contributed by atoms with Gasteiger partial charge >= 0.3 is 0 Å². The van der Waals surface area contributed by atoms with Gasteiger partial charge in [-0.1, -0.05) is 0 Å². The van der Waals surface area contributed by atoms with Gasteiger partial charge in [0.15, 0.2) is 0 Å². The zero-order valence-electron chi connectivity index (χ0n) is 13.2. The first-order valence-corrected chi connectivity index (χ1v) is 6.96. The van der Waals surface area contributed by atoms with Crippen LogP contribution in [0.1, 0.15) is 49.5 Å².